The molecule has 1 aliphatic heterocycles. The van der Waals surface area contributed by atoms with Gasteiger partial charge in [0, 0.05) is 24.8 Å². The number of rotatable bonds is 3. The molecule has 1 aliphatic rings. The summed E-state index contributed by atoms with van der Waals surface area (Å²) in [6, 6.07) is 9.93. The molecule has 22 heavy (non-hydrogen) atoms. The lowest BCUT2D eigenvalue weighted by Gasteiger charge is -2.34. The minimum atomic E-state index is 0.0340. The van der Waals surface area contributed by atoms with Gasteiger partial charge in [-0.3, -0.25) is 9.36 Å². The molecular weight excluding hydrogens is 276 g/mol. The van der Waals surface area contributed by atoms with Gasteiger partial charge in [-0.1, -0.05) is 18.2 Å². The monoisotopic (exact) mass is 298 g/mol. The van der Waals surface area contributed by atoms with E-state index in [9.17, 15) is 4.79 Å². The molecule has 0 radical (unpaired) electrons. The molecule has 1 amide bonds. The van der Waals surface area contributed by atoms with Crippen molar-refractivity contribution in [2.75, 3.05) is 13.1 Å². The van der Waals surface area contributed by atoms with Gasteiger partial charge < -0.3 is 10.6 Å². The predicted octanol–water partition coefficient (Wildman–Crippen LogP) is 2.07. The summed E-state index contributed by atoms with van der Waals surface area (Å²) in [5.41, 5.74) is 7.57. The third-order valence-corrected chi connectivity index (χ3v) is 4.38. The van der Waals surface area contributed by atoms with Crippen molar-refractivity contribution in [1.82, 2.24) is 14.5 Å². The van der Waals surface area contributed by atoms with E-state index in [0.717, 1.165) is 31.6 Å². The molecule has 1 fully saturated rings. The average Bonchev–Trinajstić information content (AvgIpc) is 3.04. The normalized spacial score (nSPS) is 19.9. The number of nitrogens with two attached hydrogens (primary N) is 1. The Kier molecular flexibility index (Phi) is 4.24. The molecule has 116 valence electrons. The maximum atomic E-state index is 12.8. The van der Waals surface area contributed by atoms with Crippen LogP contribution in [0.1, 0.15) is 30.3 Å². The molecule has 0 spiro atoms. The second-order valence-electron chi connectivity index (χ2n) is 6.00. The summed E-state index contributed by atoms with van der Waals surface area (Å²) in [7, 11) is 0. The molecule has 2 heterocycles. The maximum Gasteiger partial charge on any atom is 0.272 e. The lowest BCUT2D eigenvalue weighted by Crippen LogP contribution is -2.45. The van der Waals surface area contributed by atoms with E-state index in [1.807, 2.05) is 46.7 Å². The van der Waals surface area contributed by atoms with Crippen LogP contribution in [0, 0.1) is 5.92 Å². The number of carbonyl (C=O) groups excluding carboxylic acids is 1. The fraction of sp³-hybridized carbons (Fsp3) is 0.412. The number of piperidine rings is 1. The molecule has 1 aromatic carbocycles. The molecule has 3 rings (SSSR count). The van der Waals surface area contributed by atoms with E-state index in [4.69, 9.17) is 5.73 Å². The number of benzene rings is 1. The fourth-order valence-corrected chi connectivity index (χ4v) is 3.03. The Hall–Kier alpha value is -2.14. The molecule has 0 aliphatic carbocycles. The Morgan fingerprint density at radius 1 is 1.36 bits per heavy atom. The number of likely N-dealkylation sites (tertiary alicyclic amines) is 1. The van der Waals surface area contributed by atoms with Gasteiger partial charge in [0.1, 0.15) is 5.69 Å². The molecule has 2 atom stereocenters. The van der Waals surface area contributed by atoms with E-state index in [1.54, 1.807) is 12.5 Å². The smallest absolute Gasteiger partial charge is 0.272 e. The second kappa shape index (κ2) is 6.32. The number of hydrogen-bond donors (Lipinski definition) is 1. The molecule has 1 aromatic heterocycles. The van der Waals surface area contributed by atoms with Gasteiger partial charge in [-0.2, -0.15) is 0 Å². The molecule has 5 heteroatoms. The molecule has 0 bridgehead atoms. The van der Waals surface area contributed by atoms with E-state index in [0.29, 0.717) is 11.6 Å². The van der Waals surface area contributed by atoms with Crippen molar-refractivity contribution in [3.8, 4) is 5.69 Å². The van der Waals surface area contributed by atoms with Crippen LogP contribution >= 0.6 is 0 Å². The molecule has 1 saturated heterocycles. The Morgan fingerprint density at radius 3 is 2.86 bits per heavy atom. The highest BCUT2D eigenvalue weighted by molar-refractivity contribution is 5.93. The zero-order valence-corrected chi connectivity index (χ0v) is 12.9. The molecule has 2 N–H and O–H groups in total. The first kappa shape index (κ1) is 14.8. The van der Waals surface area contributed by atoms with Crippen molar-refractivity contribution >= 4 is 5.91 Å². The maximum absolute atomic E-state index is 12.8. The van der Waals surface area contributed by atoms with Crippen molar-refractivity contribution in [1.29, 1.82) is 0 Å². The van der Waals surface area contributed by atoms with Gasteiger partial charge in [0.2, 0.25) is 0 Å². The Morgan fingerprint density at radius 2 is 2.14 bits per heavy atom. The summed E-state index contributed by atoms with van der Waals surface area (Å²) < 4.78 is 1.85. The third kappa shape index (κ3) is 2.90. The van der Waals surface area contributed by atoms with Crippen LogP contribution in [0.2, 0.25) is 0 Å². The van der Waals surface area contributed by atoms with E-state index in [-0.39, 0.29) is 11.9 Å². The molecule has 2 unspecified atom stereocenters. The van der Waals surface area contributed by atoms with Gasteiger partial charge in [-0.25, -0.2) is 4.98 Å². The van der Waals surface area contributed by atoms with E-state index >= 15 is 0 Å². The van der Waals surface area contributed by atoms with Crippen LogP contribution in [-0.2, 0) is 0 Å². The summed E-state index contributed by atoms with van der Waals surface area (Å²) >= 11 is 0. The van der Waals surface area contributed by atoms with Crippen molar-refractivity contribution < 1.29 is 4.79 Å². The van der Waals surface area contributed by atoms with Crippen LogP contribution in [-0.4, -0.2) is 39.5 Å². The van der Waals surface area contributed by atoms with Gasteiger partial charge in [-0.15, -0.1) is 0 Å². The summed E-state index contributed by atoms with van der Waals surface area (Å²) in [6.07, 6.45) is 5.44. The number of imidazole rings is 1. The topological polar surface area (TPSA) is 64.2 Å². The van der Waals surface area contributed by atoms with E-state index < -0.39 is 0 Å². The average molecular weight is 298 g/mol. The highest BCUT2D eigenvalue weighted by atomic mass is 16.2. The lowest BCUT2D eigenvalue weighted by molar-refractivity contribution is 0.0653. The van der Waals surface area contributed by atoms with E-state index in [2.05, 4.69) is 4.98 Å². The number of nitrogens with zero attached hydrogens (tertiary/aromatic N) is 3. The summed E-state index contributed by atoms with van der Waals surface area (Å²) in [5, 5.41) is 0. The van der Waals surface area contributed by atoms with Crippen LogP contribution in [0.4, 0.5) is 0 Å². The minimum Gasteiger partial charge on any atom is -0.337 e. The zero-order chi connectivity index (χ0) is 15.5. The number of para-hydroxylation sites is 1. The summed E-state index contributed by atoms with van der Waals surface area (Å²) in [4.78, 5) is 18.9. The Balaban J connectivity index is 1.83. The van der Waals surface area contributed by atoms with Gasteiger partial charge in [0.05, 0.1) is 12.5 Å². The first-order chi connectivity index (χ1) is 10.7. The van der Waals surface area contributed by atoms with Crippen molar-refractivity contribution in [3.05, 3.63) is 48.5 Å². The Bertz CT molecular complexity index is 635. The van der Waals surface area contributed by atoms with E-state index in [1.165, 1.54) is 0 Å². The first-order valence-electron chi connectivity index (χ1n) is 7.79. The number of hydrogen-bond acceptors (Lipinski definition) is 3. The van der Waals surface area contributed by atoms with Gasteiger partial charge in [0.25, 0.3) is 5.91 Å². The molecule has 5 nitrogen and oxygen atoms in total. The molecule has 2 aromatic rings. The predicted molar refractivity (Wildman–Crippen MR) is 85.8 cm³/mol. The van der Waals surface area contributed by atoms with Crippen LogP contribution < -0.4 is 5.73 Å². The largest absolute Gasteiger partial charge is 0.337 e. The van der Waals surface area contributed by atoms with Gasteiger partial charge in [0.15, 0.2) is 0 Å². The van der Waals surface area contributed by atoms with Crippen LogP contribution in [0.3, 0.4) is 0 Å². The Labute approximate surface area is 130 Å². The van der Waals surface area contributed by atoms with Crippen molar-refractivity contribution in [3.63, 3.8) is 0 Å². The zero-order valence-electron chi connectivity index (χ0n) is 12.9. The quantitative estimate of drug-likeness (QED) is 0.943. The summed E-state index contributed by atoms with van der Waals surface area (Å²) in [5.74, 6) is 0.414. The lowest BCUT2D eigenvalue weighted by atomic mass is 9.92. The van der Waals surface area contributed by atoms with Crippen molar-refractivity contribution in [2.24, 2.45) is 11.7 Å². The number of carbonyl (C=O) groups is 1. The van der Waals surface area contributed by atoms with Gasteiger partial charge in [-0.05, 0) is 37.8 Å². The number of amides is 1. The summed E-state index contributed by atoms with van der Waals surface area (Å²) in [6.45, 7) is 3.55. The molecular formula is C17H22N4O. The second-order valence-corrected chi connectivity index (χ2v) is 6.00. The van der Waals surface area contributed by atoms with Crippen molar-refractivity contribution in [2.45, 2.75) is 25.8 Å². The highest BCUT2D eigenvalue weighted by Gasteiger charge is 2.28. The molecule has 0 saturated carbocycles. The minimum absolute atomic E-state index is 0.0340. The van der Waals surface area contributed by atoms with Gasteiger partial charge >= 0.3 is 0 Å². The fourth-order valence-electron chi connectivity index (χ4n) is 3.03. The van der Waals surface area contributed by atoms with Crippen LogP contribution in [0.25, 0.3) is 5.69 Å². The van der Waals surface area contributed by atoms with Crippen LogP contribution in [0.5, 0.6) is 0 Å². The first-order valence-corrected chi connectivity index (χ1v) is 7.79. The third-order valence-electron chi connectivity index (χ3n) is 4.38. The van der Waals surface area contributed by atoms with Crippen LogP contribution in [0.15, 0.2) is 42.9 Å². The SMILES string of the molecule is CC(N)C1CCCN(C(=O)c2cncn2-c2ccccc2)C1. The number of aromatic nitrogens is 2. The standard InChI is InChI=1S/C17H22N4O/c1-13(18)14-6-5-9-20(11-14)17(22)16-10-19-12-21(16)15-7-3-2-4-8-15/h2-4,7-8,10,12-14H,5-6,9,11,18H2,1H3. The highest BCUT2D eigenvalue weighted by Crippen LogP contribution is 2.21.